The van der Waals surface area contributed by atoms with Crippen molar-refractivity contribution >= 4 is 35.4 Å². The van der Waals surface area contributed by atoms with E-state index in [9.17, 15) is 53.6 Å². The number of pyridine rings is 1. The van der Waals surface area contributed by atoms with Gasteiger partial charge in [0.15, 0.2) is 11.6 Å². The first-order valence-corrected chi connectivity index (χ1v) is 40.2. The minimum absolute atomic E-state index is 0.00358. The quantitative estimate of drug-likeness (QED) is 0.0673. The van der Waals surface area contributed by atoms with Gasteiger partial charge in [0.1, 0.15) is 41.7 Å². The van der Waals surface area contributed by atoms with Gasteiger partial charge in [-0.1, -0.05) is 96.9 Å². The number of fused-ring (bicyclic) bond motifs is 14. The van der Waals surface area contributed by atoms with Gasteiger partial charge in [-0.05, 0) is 268 Å². The number of Topliss-reactive ketones (excluding diaryl/α,β-unsaturated/α-hetero) is 2. The summed E-state index contributed by atoms with van der Waals surface area (Å²) < 4.78 is 55.5. The second kappa shape index (κ2) is 26.1. The molecule has 3 unspecified atom stereocenters. The SMILES string of the molecule is CC(C)C1=C2[C@H]3CCC4[C@@]5(C)CC[C@H](OC(=O)CC(C)(C)C(=O)O)C(C)(C)[C@@H]5CC[C@@]4(C)[C@]3(C)CC[C@@]2(C(O)c2nnc(-c3ccc(F)c(CC(C)(CC(=O)O[C@H]4CC[C@]5(C)[C@H]6CC[C@@H]7C8=C(C(C)C)C(=O)C[C@]8([C@@H](O)c8nnc(-c9ccc(F)cn9)o8)CC[C@@]7(C)[C@]6(C)CC[C@H]5C4(C)C)C(=O)O)c3)o2)CC1=O. The van der Waals surface area contributed by atoms with Gasteiger partial charge in [-0.3, -0.25) is 28.8 Å². The molecule has 0 radical (unpaired) electrons. The van der Waals surface area contributed by atoms with E-state index >= 15 is 4.39 Å². The minimum atomic E-state index is -1.82. The molecule has 586 valence electrons. The molecule has 21 heteroatoms. The molecule has 4 aromatic rings. The summed E-state index contributed by atoms with van der Waals surface area (Å²) in [7, 11) is 0. The zero-order valence-corrected chi connectivity index (χ0v) is 66.6. The highest BCUT2D eigenvalue weighted by atomic mass is 19.1. The van der Waals surface area contributed by atoms with Crippen LogP contribution >= 0.6 is 0 Å². The number of rotatable bonds is 18. The topological polar surface area (TPSA) is 293 Å². The lowest BCUT2D eigenvalue weighted by molar-refractivity contribution is -0.235. The van der Waals surface area contributed by atoms with Crippen LogP contribution in [0.4, 0.5) is 8.78 Å². The number of hydrogen-bond donors (Lipinski definition) is 4. The number of aliphatic hydroxyl groups is 2. The number of nitrogens with zero attached hydrogens (tertiary/aromatic N) is 5. The number of allylic oxidation sites excluding steroid dienone is 2. The number of ether oxygens (including phenoxy) is 2. The van der Waals surface area contributed by atoms with Crippen LogP contribution in [0.3, 0.4) is 0 Å². The number of carbonyl (C=O) groups excluding carboxylic acids is 4. The predicted octanol–water partition coefficient (Wildman–Crippen LogP) is 17.5. The van der Waals surface area contributed by atoms with Crippen molar-refractivity contribution < 1.29 is 76.3 Å². The number of halogens is 2. The number of aliphatic carboxylic acids is 2. The highest BCUT2D eigenvalue weighted by Crippen LogP contribution is 2.80. The Morgan fingerprint density at radius 1 is 0.546 bits per heavy atom. The van der Waals surface area contributed by atoms with E-state index < -0.39 is 87.3 Å². The molecule has 0 spiro atoms. The maximum atomic E-state index is 16.3. The summed E-state index contributed by atoms with van der Waals surface area (Å²) >= 11 is 0. The maximum Gasteiger partial charge on any atom is 0.310 e. The van der Waals surface area contributed by atoms with Crippen molar-refractivity contribution in [2.75, 3.05) is 0 Å². The standard InChI is InChI=1S/C87H115F2N5O14/c1-45(2)64-54(95)40-86(36-34-82(14)50(66(64)86)20-24-58-80(12)30-28-60(105-62(97)42-76(5,6)74(101)102)77(7,8)56(80)26-32-84(58,82)16)68(99)72-93-91-70(107-72)47-18-22-52(89)48(38-47)39-79(11,75(103)104)43-63(98)106-61-29-31-81(13)57(78(61,9)10)27-33-85(17)59(81)25-21-51-67-65(46(3)4)55(96)41-87(67,37-35-83(51,85)15)69(100)73-94-92-71(108-73)53-23-19-49(88)44-90-53/h18-19,22-23,38,44-46,50-51,56-61,68-69,99-100H,20-21,24-37,39-43H2,1-17H3,(H,101,102)(H,103,104)/t50-,51-,56+,57+,58?,59-,60+,61+,68?,69+,79?,80+,81+,82-,83-,84-,85-,86-,87-/m1/s1. The largest absolute Gasteiger partial charge is 0.481 e. The first-order chi connectivity index (χ1) is 50.3. The molecule has 0 aliphatic heterocycles. The number of ketones is 2. The number of carboxylic acids is 2. The molecule has 8 fully saturated rings. The lowest BCUT2D eigenvalue weighted by Crippen LogP contribution is -2.66. The van der Waals surface area contributed by atoms with Gasteiger partial charge in [0.2, 0.25) is 17.7 Å². The van der Waals surface area contributed by atoms with Crippen LogP contribution in [-0.2, 0) is 44.7 Å². The monoisotopic (exact) mass is 1490 g/mol. The Bertz CT molecular complexity index is 4400. The molecule has 0 bridgehead atoms. The summed E-state index contributed by atoms with van der Waals surface area (Å²) in [6.07, 6.45) is 9.06. The van der Waals surface area contributed by atoms with Gasteiger partial charge in [-0.25, -0.2) is 13.8 Å². The van der Waals surface area contributed by atoms with Gasteiger partial charge in [0.25, 0.3) is 5.89 Å². The Labute approximate surface area is 634 Å². The van der Waals surface area contributed by atoms with Crippen LogP contribution in [-0.4, -0.2) is 93.5 Å². The average Bonchev–Trinajstić information content (AvgIpc) is 1.23. The number of aromatic nitrogens is 5. The van der Waals surface area contributed by atoms with Crippen molar-refractivity contribution in [3.05, 3.63) is 87.8 Å². The van der Waals surface area contributed by atoms with Gasteiger partial charge >= 0.3 is 23.9 Å². The van der Waals surface area contributed by atoms with Crippen molar-refractivity contribution in [1.29, 1.82) is 0 Å². The Morgan fingerprint density at radius 2 is 1.01 bits per heavy atom. The summed E-state index contributed by atoms with van der Waals surface area (Å²) in [5.74, 6) is -4.02. The van der Waals surface area contributed by atoms with Gasteiger partial charge < -0.3 is 38.7 Å². The van der Waals surface area contributed by atoms with Crippen molar-refractivity contribution in [1.82, 2.24) is 25.4 Å². The number of hydrogen-bond acceptors (Lipinski definition) is 17. The summed E-state index contributed by atoms with van der Waals surface area (Å²) in [6, 6.07) is 6.84. The smallest absolute Gasteiger partial charge is 0.310 e. The summed E-state index contributed by atoms with van der Waals surface area (Å²) in [4.78, 5) is 86.7. The second-order valence-electron chi connectivity index (χ2n) is 39.8. The fourth-order valence-electron chi connectivity index (χ4n) is 26.9. The van der Waals surface area contributed by atoms with Crippen LogP contribution < -0.4 is 0 Å². The Hall–Kier alpha value is -6.87. The van der Waals surface area contributed by atoms with E-state index in [1.807, 2.05) is 0 Å². The maximum absolute atomic E-state index is 16.3. The summed E-state index contributed by atoms with van der Waals surface area (Å²) in [6.45, 7) is 36.2. The van der Waals surface area contributed by atoms with Crippen molar-refractivity contribution in [3.63, 3.8) is 0 Å². The van der Waals surface area contributed by atoms with E-state index in [-0.39, 0.29) is 163 Å². The molecule has 108 heavy (non-hydrogen) atoms. The molecule has 14 rings (SSSR count). The number of benzene rings is 1. The molecule has 1 aromatic carbocycles. The van der Waals surface area contributed by atoms with E-state index in [0.29, 0.717) is 31.6 Å². The molecule has 4 N–H and O–H groups in total. The zero-order valence-electron chi connectivity index (χ0n) is 66.6. The van der Waals surface area contributed by atoms with E-state index in [1.165, 1.54) is 37.3 Å². The van der Waals surface area contributed by atoms with E-state index in [0.717, 1.165) is 106 Å². The number of esters is 2. The molecule has 0 amide bonds. The van der Waals surface area contributed by atoms with Gasteiger partial charge in [-0.2, -0.15) is 0 Å². The van der Waals surface area contributed by atoms with Crippen LogP contribution in [0.25, 0.3) is 23.0 Å². The minimum Gasteiger partial charge on any atom is -0.481 e. The third-order valence-electron chi connectivity index (χ3n) is 32.8. The van der Waals surface area contributed by atoms with E-state index in [1.54, 1.807) is 13.8 Å². The van der Waals surface area contributed by atoms with Crippen molar-refractivity contribution in [2.45, 2.75) is 277 Å². The summed E-state index contributed by atoms with van der Waals surface area (Å²) in [5, 5.41) is 63.8. The van der Waals surface area contributed by atoms with Crippen molar-refractivity contribution in [2.24, 2.45) is 112 Å². The molecule has 10 aliphatic rings. The molecule has 3 heterocycles. The first kappa shape index (κ1) is 77.8. The number of carboxylic acid groups (broad SMARTS) is 2. The molecule has 8 saturated carbocycles. The number of carbonyl (C=O) groups is 6. The zero-order chi connectivity index (χ0) is 78.4. The lowest BCUT2D eigenvalue weighted by Gasteiger charge is -2.72. The molecular weight excluding hydrogens is 1380 g/mol. The van der Waals surface area contributed by atoms with Crippen LogP contribution in [0.1, 0.15) is 276 Å². The van der Waals surface area contributed by atoms with Gasteiger partial charge in [0, 0.05) is 40.1 Å². The van der Waals surface area contributed by atoms with E-state index in [4.69, 9.17) is 18.3 Å². The predicted molar refractivity (Wildman–Crippen MR) is 396 cm³/mol. The van der Waals surface area contributed by atoms with Crippen LogP contribution in [0.15, 0.2) is 67.7 Å². The normalized spacial score (nSPS) is 37.2. The average molecular weight is 1490 g/mol. The molecule has 3 aromatic heterocycles. The van der Waals surface area contributed by atoms with Crippen LogP contribution in [0, 0.1) is 124 Å². The highest BCUT2D eigenvalue weighted by molar-refractivity contribution is 6.01. The summed E-state index contributed by atoms with van der Waals surface area (Å²) in [5.41, 5.74) is -2.92. The number of aliphatic hydroxyl groups excluding tert-OH is 2. The molecular formula is C87H115F2N5O14. The molecule has 19 nitrogen and oxygen atoms in total. The van der Waals surface area contributed by atoms with Gasteiger partial charge in [-0.15, -0.1) is 20.4 Å². The Kier molecular flexibility index (Phi) is 18.8. The van der Waals surface area contributed by atoms with Crippen molar-refractivity contribution in [3.8, 4) is 23.0 Å². The molecule has 10 aliphatic carbocycles. The second-order valence-corrected chi connectivity index (χ2v) is 39.8. The third kappa shape index (κ3) is 11.4. The molecule has 0 saturated heterocycles. The fraction of sp³-hybridized carbons (Fsp3) is 0.713. The van der Waals surface area contributed by atoms with E-state index in [2.05, 4.69) is 122 Å². The first-order valence-electron chi connectivity index (χ1n) is 40.2. The van der Waals surface area contributed by atoms with Crippen LogP contribution in [0.2, 0.25) is 0 Å². The highest BCUT2D eigenvalue weighted by Gasteiger charge is 2.74. The molecule has 19 atom stereocenters. The van der Waals surface area contributed by atoms with Crippen LogP contribution in [0.5, 0.6) is 0 Å². The van der Waals surface area contributed by atoms with Gasteiger partial charge in [0.05, 0.1) is 29.9 Å². The fourth-order valence-corrected chi connectivity index (χ4v) is 26.9. The third-order valence-corrected chi connectivity index (χ3v) is 32.8. The Balaban J connectivity index is 0.652. The Morgan fingerprint density at radius 3 is 1.45 bits per heavy atom. The lowest BCUT2D eigenvalue weighted by atomic mass is 9.33.